The number of anilines is 2. The molecule has 0 aliphatic heterocycles. The molecule has 0 bridgehead atoms. The Morgan fingerprint density at radius 3 is 2.77 bits per heavy atom. The molecule has 0 spiro atoms. The Kier molecular flexibility index (Phi) is 3.98. The number of benzene rings is 1. The maximum atomic E-state index is 9.24. The summed E-state index contributed by atoms with van der Waals surface area (Å²) >= 11 is 0. The highest BCUT2D eigenvalue weighted by Gasteiger charge is 2.13. The van der Waals surface area contributed by atoms with Gasteiger partial charge in [0.1, 0.15) is 18.1 Å². The van der Waals surface area contributed by atoms with Gasteiger partial charge in [-0.05, 0) is 36.4 Å². The molecule has 0 fully saturated rings. The molecule has 0 radical (unpaired) electrons. The molecular formula is C16H15N7O3. The van der Waals surface area contributed by atoms with E-state index in [0.717, 1.165) is 0 Å². The average Bonchev–Trinajstić information content (AvgIpc) is 3.30. The number of fused-ring (bicyclic) bond motifs is 1. The molecule has 1 aromatic carbocycles. The summed E-state index contributed by atoms with van der Waals surface area (Å²) in [5.74, 6) is 2.53. The summed E-state index contributed by atoms with van der Waals surface area (Å²) in [5.41, 5.74) is 5.92. The number of aromatic hydroxyl groups is 1. The lowest BCUT2D eigenvalue weighted by atomic mass is 10.3. The second kappa shape index (κ2) is 6.59. The third-order valence-corrected chi connectivity index (χ3v) is 3.47. The van der Waals surface area contributed by atoms with Gasteiger partial charge in [-0.3, -0.25) is 0 Å². The average molecular weight is 353 g/mol. The summed E-state index contributed by atoms with van der Waals surface area (Å²) in [6.45, 7) is 0.833. The number of hydrogen-bond donors (Lipinski definition) is 3. The van der Waals surface area contributed by atoms with E-state index in [9.17, 15) is 5.11 Å². The Bertz CT molecular complexity index is 1010. The third kappa shape index (κ3) is 3.20. The minimum absolute atomic E-state index is 0.155. The maximum absolute atomic E-state index is 9.24. The number of ether oxygens (including phenoxy) is 1. The van der Waals surface area contributed by atoms with Gasteiger partial charge in [0, 0.05) is 0 Å². The van der Waals surface area contributed by atoms with Gasteiger partial charge in [-0.25, -0.2) is 0 Å². The van der Waals surface area contributed by atoms with Crippen LogP contribution >= 0.6 is 0 Å². The first kappa shape index (κ1) is 15.7. The van der Waals surface area contributed by atoms with Crippen molar-refractivity contribution >= 4 is 17.7 Å². The van der Waals surface area contributed by atoms with Crippen LogP contribution in [0.15, 0.2) is 47.1 Å². The predicted octanol–water partition coefficient (Wildman–Crippen LogP) is 1.56. The van der Waals surface area contributed by atoms with Gasteiger partial charge in [0.2, 0.25) is 17.7 Å². The fourth-order valence-electron chi connectivity index (χ4n) is 2.27. The normalized spacial score (nSPS) is 10.9. The summed E-state index contributed by atoms with van der Waals surface area (Å²) in [4.78, 5) is 12.7. The number of nitrogens with zero attached hydrogens (tertiary/aromatic N) is 5. The molecule has 0 amide bonds. The molecule has 4 N–H and O–H groups in total. The predicted molar refractivity (Wildman–Crippen MR) is 92.8 cm³/mol. The Hall–Kier alpha value is -3.82. The first-order chi connectivity index (χ1) is 12.7. The van der Waals surface area contributed by atoms with Gasteiger partial charge in [-0.15, -0.1) is 5.10 Å². The molecule has 3 heterocycles. The molecule has 4 aromatic rings. The number of phenolic OH excluding ortho intramolecular Hbond substituents is 1. The number of nitrogens with two attached hydrogens (primary N) is 1. The summed E-state index contributed by atoms with van der Waals surface area (Å²) < 4.78 is 12.2. The molecule has 26 heavy (non-hydrogen) atoms. The molecule has 0 saturated carbocycles. The second-order valence-electron chi connectivity index (χ2n) is 5.30. The van der Waals surface area contributed by atoms with E-state index >= 15 is 0 Å². The van der Waals surface area contributed by atoms with Crippen LogP contribution in [0.4, 0.5) is 11.9 Å². The Balaban J connectivity index is 1.42. The summed E-state index contributed by atoms with van der Waals surface area (Å²) in [7, 11) is 0. The standard InChI is InChI=1S/C16H15N7O3/c17-14-20-15(18-7-9-25-11-5-3-10(24)4-6-11)21-16-19-13(22-23(14)16)12-2-1-8-26-12/h1-6,8,24H,7,9H2,(H3,17,18,19,20,21,22). The number of rotatable bonds is 6. The van der Waals surface area contributed by atoms with Crippen LogP contribution in [0, 0.1) is 0 Å². The van der Waals surface area contributed by atoms with Crippen molar-refractivity contribution in [3.63, 3.8) is 0 Å². The van der Waals surface area contributed by atoms with Crippen molar-refractivity contribution < 1.29 is 14.3 Å². The Morgan fingerprint density at radius 1 is 1.15 bits per heavy atom. The lowest BCUT2D eigenvalue weighted by Crippen LogP contribution is -2.15. The molecule has 10 heteroatoms. The first-order valence-corrected chi connectivity index (χ1v) is 7.79. The minimum atomic E-state index is 0.155. The van der Waals surface area contributed by atoms with Crippen LogP contribution in [0.5, 0.6) is 11.5 Å². The number of phenols is 1. The van der Waals surface area contributed by atoms with Crippen LogP contribution in [-0.2, 0) is 0 Å². The molecule has 0 aliphatic carbocycles. The van der Waals surface area contributed by atoms with Crippen LogP contribution in [0.25, 0.3) is 17.4 Å². The monoisotopic (exact) mass is 353 g/mol. The zero-order valence-electron chi connectivity index (χ0n) is 13.5. The van der Waals surface area contributed by atoms with E-state index in [1.165, 1.54) is 10.8 Å². The third-order valence-electron chi connectivity index (χ3n) is 3.47. The zero-order valence-corrected chi connectivity index (χ0v) is 13.5. The van der Waals surface area contributed by atoms with E-state index < -0.39 is 0 Å². The highest BCUT2D eigenvalue weighted by molar-refractivity contribution is 5.52. The number of aromatic nitrogens is 5. The van der Waals surface area contributed by atoms with Crippen molar-refractivity contribution in [2.45, 2.75) is 0 Å². The number of hydrogen-bond acceptors (Lipinski definition) is 9. The van der Waals surface area contributed by atoms with Crippen molar-refractivity contribution in [1.82, 2.24) is 24.6 Å². The van der Waals surface area contributed by atoms with Gasteiger partial charge in [0.05, 0.1) is 12.8 Å². The van der Waals surface area contributed by atoms with E-state index in [2.05, 4.69) is 25.4 Å². The summed E-state index contributed by atoms with van der Waals surface area (Å²) in [5, 5.41) is 16.5. The van der Waals surface area contributed by atoms with Crippen LogP contribution in [-0.4, -0.2) is 42.8 Å². The molecule has 0 atom stereocenters. The lowest BCUT2D eigenvalue weighted by molar-refractivity contribution is 0.332. The van der Waals surface area contributed by atoms with Gasteiger partial charge >= 0.3 is 0 Å². The maximum Gasteiger partial charge on any atom is 0.259 e. The van der Waals surface area contributed by atoms with Crippen molar-refractivity contribution in [3.8, 4) is 23.1 Å². The molecule has 10 nitrogen and oxygen atoms in total. The fraction of sp³-hybridized carbons (Fsp3) is 0.125. The first-order valence-electron chi connectivity index (χ1n) is 7.79. The molecule has 0 aliphatic rings. The van der Waals surface area contributed by atoms with Crippen LogP contribution < -0.4 is 15.8 Å². The molecule has 0 saturated heterocycles. The Morgan fingerprint density at radius 2 is 2.00 bits per heavy atom. The van der Waals surface area contributed by atoms with Gasteiger partial charge in [0.25, 0.3) is 5.78 Å². The summed E-state index contributed by atoms with van der Waals surface area (Å²) in [6.07, 6.45) is 1.54. The van der Waals surface area contributed by atoms with E-state index in [4.69, 9.17) is 14.9 Å². The van der Waals surface area contributed by atoms with Crippen LogP contribution in [0.1, 0.15) is 0 Å². The van der Waals surface area contributed by atoms with Crippen molar-refractivity contribution in [2.75, 3.05) is 24.2 Å². The highest BCUT2D eigenvalue weighted by Crippen LogP contribution is 2.18. The van der Waals surface area contributed by atoms with Gasteiger partial charge in [0.15, 0.2) is 5.76 Å². The van der Waals surface area contributed by atoms with Gasteiger partial charge in [-0.1, -0.05) is 0 Å². The second-order valence-corrected chi connectivity index (χ2v) is 5.30. The molecule has 4 rings (SSSR count). The van der Waals surface area contributed by atoms with E-state index in [1.807, 2.05) is 0 Å². The van der Waals surface area contributed by atoms with Gasteiger partial charge < -0.3 is 25.3 Å². The van der Waals surface area contributed by atoms with Crippen molar-refractivity contribution in [1.29, 1.82) is 0 Å². The minimum Gasteiger partial charge on any atom is -0.508 e. The van der Waals surface area contributed by atoms with E-state index in [-0.39, 0.29) is 11.7 Å². The highest BCUT2D eigenvalue weighted by atomic mass is 16.5. The molecule has 132 valence electrons. The molecular weight excluding hydrogens is 338 g/mol. The largest absolute Gasteiger partial charge is 0.508 e. The SMILES string of the molecule is Nc1nc(NCCOc2ccc(O)cc2)nc2nc(-c3ccco3)nn12. The molecule has 3 aromatic heterocycles. The van der Waals surface area contributed by atoms with Gasteiger partial charge in [-0.2, -0.15) is 19.5 Å². The fourth-order valence-corrected chi connectivity index (χ4v) is 2.27. The quantitative estimate of drug-likeness (QED) is 0.441. The topological polar surface area (TPSA) is 137 Å². The Labute approximate surface area is 147 Å². The summed E-state index contributed by atoms with van der Waals surface area (Å²) in [6, 6.07) is 9.98. The number of nitrogens with one attached hydrogen (secondary N) is 1. The zero-order chi connectivity index (χ0) is 17.9. The smallest absolute Gasteiger partial charge is 0.259 e. The number of nitrogen functional groups attached to an aromatic ring is 1. The van der Waals surface area contributed by atoms with E-state index in [1.54, 1.807) is 36.4 Å². The molecule has 0 unspecified atom stereocenters. The van der Waals surface area contributed by atoms with Crippen LogP contribution in [0.3, 0.4) is 0 Å². The lowest BCUT2D eigenvalue weighted by Gasteiger charge is -2.08. The van der Waals surface area contributed by atoms with Crippen molar-refractivity contribution in [3.05, 3.63) is 42.7 Å². The van der Waals surface area contributed by atoms with Crippen LogP contribution in [0.2, 0.25) is 0 Å². The van der Waals surface area contributed by atoms with E-state index in [0.29, 0.717) is 42.2 Å². The number of furan rings is 1. The van der Waals surface area contributed by atoms with Crippen molar-refractivity contribution in [2.24, 2.45) is 0 Å².